The van der Waals surface area contributed by atoms with Crippen LogP contribution in [-0.2, 0) is 12.8 Å². The van der Waals surface area contributed by atoms with Crippen molar-refractivity contribution in [2.75, 3.05) is 24.6 Å². The maximum atomic E-state index is 9.27. The fraction of sp³-hybridized carbons (Fsp3) is 0.571. The number of rotatable bonds is 3. The van der Waals surface area contributed by atoms with Gasteiger partial charge in [-0.2, -0.15) is 0 Å². The summed E-state index contributed by atoms with van der Waals surface area (Å²) in [4.78, 5) is 6.88. The second-order valence-electron chi connectivity index (χ2n) is 5.59. The van der Waals surface area contributed by atoms with E-state index in [0.717, 1.165) is 50.3 Å². The van der Waals surface area contributed by atoms with Crippen molar-refractivity contribution in [3.63, 3.8) is 0 Å². The van der Waals surface area contributed by atoms with Gasteiger partial charge in [-0.1, -0.05) is 5.16 Å². The average molecular weight is 276 g/mol. The van der Waals surface area contributed by atoms with Crippen LogP contribution in [0, 0.1) is 5.92 Å². The van der Waals surface area contributed by atoms with E-state index in [2.05, 4.69) is 10.1 Å². The molecule has 0 amide bonds. The van der Waals surface area contributed by atoms with Crippen LogP contribution in [0.2, 0.25) is 0 Å². The smallest absolute Gasteiger partial charge is 0.173 e. The van der Waals surface area contributed by atoms with Crippen molar-refractivity contribution < 1.29 is 10.3 Å². The van der Waals surface area contributed by atoms with E-state index in [1.807, 2.05) is 6.07 Å². The minimum absolute atomic E-state index is 0.106. The Balaban J connectivity index is 2.00. The van der Waals surface area contributed by atoms with Gasteiger partial charge in [0, 0.05) is 31.3 Å². The van der Waals surface area contributed by atoms with Gasteiger partial charge in [-0.15, -0.1) is 0 Å². The molecule has 0 bridgehead atoms. The Bertz CT molecular complexity index is 544. The van der Waals surface area contributed by atoms with E-state index in [0.29, 0.717) is 5.56 Å². The van der Waals surface area contributed by atoms with E-state index in [-0.39, 0.29) is 18.4 Å². The van der Waals surface area contributed by atoms with Crippen LogP contribution in [0.3, 0.4) is 0 Å². The van der Waals surface area contributed by atoms with Crippen molar-refractivity contribution >= 4 is 11.7 Å². The summed E-state index contributed by atoms with van der Waals surface area (Å²) >= 11 is 0. The molecule has 1 saturated heterocycles. The van der Waals surface area contributed by atoms with Crippen LogP contribution in [-0.4, -0.2) is 40.8 Å². The molecule has 3 rings (SSSR count). The molecule has 1 fully saturated rings. The number of aliphatic hydroxyl groups is 1. The SMILES string of the molecule is N/C(=N/O)c1cc2c(nc1N1CCC(CO)C1)CCC2. The van der Waals surface area contributed by atoms with Crippen LogP contribution in [0.1, 0.15) is 29.7 Å². The summed E-state index contributed by atoms with van der Waals surface area (Å²) in [6.07, 6.45) is 4.06. The van der Waals surface area contributed by atoms with E-state index >= 15 is 0 Å². The minimum atomic E-state index is 0.106. The zero-order chi connectivity index (χ0) is 14.1. The van der Waals surface area contributed by atoms with Crippen LogP contribution in [0.5, 0.6) is 0 Å². The predicted octanol–water partition coefficient (Wildman–Crippen LogP) is 0.483. The molecule has 2 aliphatic rings. The highest BCUT2D eigenvalue weighted by molar-refractivity contribution is 6.01. The predicted molar refractivity (Wildman–Crippen MR) is 76.2 cm³/mol. The van der Waals surface area contributed by atoms with Gasteiger partial charge in [0.25, 0.3) is 0 Å². The number of amidine groups is 1. The first-order valence-electron chi connectivity index (χ1n) is 7.09. The van der Waals surface area contributed by atoms with Crippen LogP contribution in [0.25, 0.3) is 0 Å². The second-order valence-corrected chi connectivity index (χ2v) is 5.59. The fourth-order valence-electron chi connectivity index (χ4n) is 3.12. The van der Waals surface area contributed by atoms with Gasteiger partial charge in [0.05, 0.1) is 5.56 Å². The van der Waals surface area contributed by atoms with E-state index < -0.39 is 0 Å². The van der Waals surface area contributed by atoms with Gasteiger partial charge in [-0.05, 0) is 37.3 Å². The quantitative estimate of drug-likeness (QED) is 0.323. The number of nitrogens with zero attached hydrogens (tertiary/aromatic N) is 3. The van der Waals surface area contributed by atoms with Crippen molar-refractivity contribution in [2.45, 2.75) is 25.7 Å². The zero-order valence-corrected chi connectivity index (χ0v) is 11.4. The number of fused-ring (bicyclic) bond motifs is 1. The molecule has 1 aromatic rings. The van der Waals surface area contributed by atoms with Gasteiger partial charge in [0.15, 0.2) is 5.84 Å². The molecular formula is C14H20N4O2. The van der Waals surface area contributed by atoms with E-state index in [9.17, 15) is 5.11 Å². The summed E-state index contributed by atoms with van der Waals surface area (Å²) in [6.45, 7) is 1.82. The molecule has 0 radical (unpaired) electrons. The van der Waals surface area contributed by atoms with Crippen LogP contribution in [0.15, 0.2) is 11.2 Å². The number of oxime groups is 1. The summed E-state index contributed by atoms with van der Waals surface area (Å²) in [6, 6.07) is 2.01. The summed E-state index contributed by atoms with van der Waals surface area (Å²) < 4.78 is 0. The normalized spacial score (nSPS) is 22.4. The lowest BCUT2D eigenvalue weighted by Crippen LogP contribution is -2.27. The number of anilines is 1. The highest BCUT2D eigenvalue weighted by atomic mass is 16.4. The van der Waals surface area contributed by atoms with Crippen molar-refractivity contribution in [2.24, 2.45) is 16.8 Å². The van der Waals surface area contributed by atoms with Crippen molar-refractivity contribution in [3.8, 4) is 0 Å². The van der Waals surface area contributed by atoms with E-state index in [4.69, 9.17) is 15.9 Å². The molecule has 6 heteroatoms. The van der Waals surface area contributed by atoms with Crippen molar-refractivity contribution in [1.29, 1.82) is 0 Å². The molecule has 1 aliphatic carbocycles. The fourth-order valence-corrected chi connectivity index (χ4v) is 3.12. The van der Waals surface area contributed by atoms with Gasteiger partial charge in [0.2, 0.25) is 0 Å². The van der Waals surface area contributed by atoms with E-state index in [1.165, 1.54) is 5.56 Å². The first-order chi connectivity index (χ1) is 9.72. The third kappa shape index (κ3) is 2.20. The minimum Gasteiger partial charge on any atom is -0.409 e. The molecule has 108 valence electrons. The Labute approximate surface area is 117 Å². The number of aromatic nitrogens is 1. The van der Waals surface area contributed by atoms with Crippen molar-refractivity contribution in [1.82, 2.24) is 4.98 Å². The number of hydrogen-bond acceptors (Lipinski definition) is 5. The van der Waals surface area contributed by atoms with Gasteiger partial charge < -0.3 is 20.9 Å². The first-order valence-corrected chi connectivity index (χ1v) is 7.09. The van der Waals surface area contributed by atoms with Crippen LogP contribution in [0.4, 0.5) is 5.82 Å². The van der Waals surface area contributed by atoms with Crippen LogP contribution < -0.4 is 10.6 Å². The summed E-state index contributed by atoms with van der Waals surface area (Å²) in [5.74, 6) is 1.18. The van der Waals surface area contributed by atoms with Crippen LogP contribution >= 0.6 is 0 Å². The molecule has 4 N–H and O–H groups in total. The Morgan fingerprint density at radius 2 is 2.35 bits per heavy atom. The topological polar surface area (TPSA) is 95.0 Å². The van der Waals surface area contributed by atoms with Gasteiger partial charge in [0.1, 0.15) is 5.82 Å². The molecule has 0 saturated carbocycles. The largest absolute Gasteiger partial charge is 0.409 e. The first kappa shape index (κ1) is 13.2. The molecule has 20 heavy (non-hydrogen) atoms. The maximum Gasteiger partial charge on any atom is 0.173 e. The van der Waals surface area contributed by atoms with Gasteiger partial charge >= 0.3 is 0 Å². The Morgan fingerprint density at radius 1 is 1.50 bits per heavy atom. The van der Waals surface area contributed by atoms with E-state index in [1.54, 1.807) is 0 Å². The lowest BCUT2D eigenvalue weighted by molar-refractivity contribution is 0.238. The van der Waals surface area contributed by atoms with Gasteiger partial charge in [-0.25, -0.2) is 4.98 Å². The number of hydrogen-bond donors (Lipinski definition) is 3. The maximum absolute atomic E-state index is 9.27. The molecule has 6 nitrogen and oxygen atoms in total. The summed E-state index contributed by atoms with van der Waals surface area (Å²) in [5, 5.41) is 21.4. The number of pyridine rings is 1. The lowest BCUT2D eigenvalue weighted by atomic mass is 10.1. The molecular weight excluding hydrogens is 256 g/mol. The molecule has 0 spiro atoms. The zero-order valence-electron chi connectivity index (χ0n) is 11.4. The third-order valence-corrected chi connectivity index (χ3v) is 4.26. The summed E-state index contributed by atoms with van der Waals surface area (Å²) in [7, 11) is 0. The third-order valence-electron chi connectivity index (χ3n) is 4.26. The monoisotopic (exact) mass is 276 g/mol. The highest BCUT2D eigenvalue weighted by Crippen LogP contribution is 2.30. The number of nitrogens with two attached hydrogens (primary N) is 1. The molecule has 1 unspecified atom stereocenters. The number of aliphatic hydroxyl groups excluding tert-OH is 1. The molecule has 1 aliphatic heterocycles. The second kappa shape index (κ2) is 5.28. The Hall–Kier alpha value is -1.82. The summed E-state index contributed by atoms with van der Waals surface area (Å²) in [5.41, 5.74) is 8.84. The number of aryl methyl sites for hydroxylation is 2. The lowest BCUT2D eigenvalue weighted by Gasteiger charge is -2.21. The molecule has 2 heterocycles. The Kier molecular flexibility index (Phi) is 3.48. The molecule has 1 aromatic heterocycles. The Morgan fingerprint density at radius 3 is 3.05 bits per heavy atom. The van der Waals surface area contributed by atoms with Crippen molar-refractivity contribution in [3.05, 3.63) is 22.9 Å². The molecule has 1 atom stereocenters. The standard InChI is InChI=1S/C14H20N4O2/c15-13(17-20)11-6-10-2-1-3-12(10)16-14(11)18-5-4-9(7-18)8-19/h6,9,19-20H,1-5,7-8H2,(H2,15,17). The average Bonchev–Trinajstić information content (AvgIpc) is 3.12. The highest BCUT2D eigenvalue weighted by Gasteiger charge is 2.27. The van der Waals surface area contributed by atoms with Gasteiger partial charge in [-0.3, -0.25) is 0 Å². The molecule has 0 aromatic carbocycles.